The van der Waals surface area contributed by atoms with Crippen molar-refractivity contribution in [2.75, 3.05) is 20.3 Å². The van der Waals surface area contributed by atoms with Crippen molar-refractivity contribution in [3.63, 3.8) is 0 Å². The van der Waals surface area contributed by atoms with Gasteiger partial charge in [-0.3, -0.25) is 4.68 Å². The number of hydrogen-bond acceptors (Lipinski definition) is 4. The first-order valence-electron chi connectivity index (χ1n) is 10.0. The van der Waals surface area contributed by atoms with E-state index in [9.17, 15) is 4.79 Å². The van der Waals surface area contributed by atoms with Gasteiger partial charge in [0.15, 0.2) is 0 Å². The van der Waals surface area contributed by atoms with E-state index in [0.29, 0.717) is 18.4 Å². The Balaban J connectivity index is 1.72. The fraction of sp³-hybridized carbons (Fsp3) is 0.619. The summed E-state index contributed by atoms with van der Waals surface area (Å²) in [4.78, 5) is 11.1. The minimum absolute atomic E-state index is 0.0158. The summed E-state index contributed by atoms with van der Waals surface area (Å²) in [6.45, 7) is 6.59. The monoisotopic (exact) mass is 389 g/mol. The molecule has 3 rings (SSSR count). The van der Waals surface area contributed by atoms with E-state index >= 15 is 0 Å². The largest absolute Gasteiger partial charge is 0.465 e. The number of nitrogens with zero attached hydrogens (tertiary/aromatic N) is 2. The number of carboxylic acid groups (broad SMARTS) is 1. The number of amides is 1. The van der Waals surface area contributed by atoms with Gasteiger partial charge in [0.25, 0.3) is 0 Å². The van der Waals surface area contributed by atoms with E-state index in [4.69, 9.17) is 14.6 Å². The van der Waals surface area contributed by atoms with E-state index in [2.05, 4.69) is 42.5 Å². The normalized spacial score (nSPS) is 18.4. The maximum Gasteiger partial charge on any atom is 0.404 e. The summed E-state index contributed by atoms with van der Waals surface area (Å²) in [7, 11) is 1.71. The Morgan fingerprint density at radius 1 is 1.46 bits per heavy atom. The van der Waals surface area contributed by atoms with Crippen LogP contribution in [0.5, 0.6) is 0 Å². The van der Waals surface area contributed by atoms with E-state index < -0.39 is 6.09 Å². The highest BCUT2D eigenvalue weighted by Crippen LogP contribution is 2.28. The van der Waals surface area contributed by atoms with E-state index in [1.54, 1.807) is 7.11 Å². The molecule has 28 heavy (non-hydrogen) atoms. The molecule has 2 heterocycles. The van der Waals surface area contributed by atoms with Crippen molar-refractivity contribution >= 4 is 17.0 Å². The lowest BCUT2D eigenvalue weighted by atomic mass is 9.83. The lowest BCUT2D eigenvalue weighted by Gasteiger charge is -2.26. The molecule has 0 unspecified atom stereocenters. The highest BCUT2D eigenvalue weighted by molar-refractivity contribution is 5.79. The highest BCUT2D eigenvalue weighted by atomic mass is 16.6. The standard InChI is InChI=1S/C21H31N3O4/c1-14(2)17(11-18(20-13-28-20)23-21(25)26)9-15-5-6-16-12-22-24(19(16)10-15)7-4-8-27-3/h5-6,10,12,14,17-18,20,23H,4,7-9,11,13H2,1-3H3,(H,25,26)/t17-,18+,20-/m1/s1. The summed E-state index contributed by atoms with van der Waals surface area (Å²) in [5, 5.41) is 17.4. The molecular formula is C21H31N3O4. The van der Waals surface area contributed by atoms with Crippen molar-refractivity contribution in [3.8, 4) is 0 Å². The number of methoxy groups -OCH3 is 1. The minimum atomic E-state index is -0.982. The smallest absolute Gasteiger partial charge is 0.404 e. The van der Waals surface area contributed by atoms with Crippen LogP contribution in [0.2, 0.25) is 0 Å². The summed E-state index contributed by atoms with van der Waals surface area (Å²) in [5.74, 6) is 0.808. The van der Waals surface area contributed by atoms with Gasteiger partial charge in [0.2, 0.25) is 0 Å². The fourth-order valence-corrected chi connectivity index (χ4v) is 3.75. The first-order valence-corrected chi connectivity index (χ1v) is 10.0. The topological polar surface area (TPSA) is 88.9 Å². The number of fused-ring (bicyclic) bond motifs is 1. The molecule has 7 nitrogen and oxygen atoms in total. The number of benzene rings is 1. The fourth-order valence-electron chi connectivity index (χ4n) is 3.75. The van der Waals surface area contributed by atoms with Gasteiger partial charge in [-0.05, 0) is 42.7 Å². The number of aromatic nitrogens is 2. The van der Waals surface area contributed by atoms with Gasteiger partial charge in [-0.25, -0.2) is 4.79 Å². The molecule has 0 aliphatic carbocycles. The molecule has 1 saturated heterocycles. The van der Waals surface area contributed by atoms with Crippen LogP contribution < -0.4 is 5.32 Å². The molecule has 7 heteroatoms. The first kappa shape index (κ1) is 20.6. The van der Waals surface area contributed by atoms with E-state index in [-0.39, 0.29) is 12.1 Å². The Labute approximate surface area is 166 Å². The summed E-state index contributed by atoms with van der Waals surface area (Å²) < 4.78 is 12.5. The first-order chi connectivity index (χ1) is 13.5. The predicted octanol–water partition coefficient (Wildman–Crippen LogP) is 3.31. The van der Waals surface area contributed by atoms with Crippen LogP contribution in [0, 0.1) is 11.8 Å². The van der Waals surface area contributed by atoms with Gasteiger partial charge in [-0.2, -0.15) is 5.10 Å². The number of ether oxygens (including phenoxy) is 2. The van der Waals surface area contributed by atoms with Crippen LogP contribution in [0.1, 0.15) is 32.3 Å². The van der Waals surface area contributed by atoms with Gasteiger partial charge >= 0.3 is 6.09 Å². The minimum Gasteiger partial charge on any atom is -0.465 e. The quantitative estimate of drug-likeness (QED) is 0.455. The second-order valence-electron chi connectivity index (χ2n) is 7.98. The zero-order valence-electron chi connectivity index (χ0n) is 16.9. The van der Waals surface area contributed by atoms with Crippen LogP contribution in [0.3, 0.4) is 0 Å². The summed E-state index contributed by atoms with van der Waals surface area (Å²) in [6.07, 6.45) is 3.55. The number of epoxide rings is 1. The van der Waals surface area contributed by atoms with Gasteiger partial charge in [0.05, 0.1) is 24.4 Å². The summed E-state index contributed by atoms with van der Waals surface area (Å²) >= 11 is 0. The average molecular weight is 389 g/mol. The lowest BCUT2D eigenvalue weighted by Crippen LogP contribution is -2.40. The van der Waals surface area contributed by atoms with Gasteiger partial charge in [-0.1, -0.05) is 26.0 Å². The van der Waals surface area contributed by atoms with Crippen molar-refractivity contribution in [1.29, 1.82) is 0 Å². The van der Waals surface area contributed by atoms with Crippen LogP contribution in [0.4, 0.5) is 4.79 Å². The Bertz CT molecular complexity index is 785. The van der Waals surface area contributed by atoms with Crippen molar-refractivity contribution < 1.29 is 19.4 Å². The summed E-state index contributed by atoms with van der Waals surface area (Å²) in [6, 6.07) is 6.36. The third-order valence-electron chi connectivity index (χ3n) is 5.54. The molecule has 2 N–H and O–H groups in total. The molecule has 1 aliphatic rings. The Hall–Kier alpha value is -2.12. The van der Waals surface area contributed by atoms with Gasteiger partial charge in [-0.15, -0.1) is 0 Å². The SMILES string of the molecule is COCCCn1ncc2ccc(C[C@H](C[C@H](NC(=O)O)[C@H]3CO3)C(C)C)cc21. The zero-order valence-corrected chi connectivity index (χ0v) is 16.9. The Morgan fingerprint density at radius 3 is 2.89 bits per heavy atom. The zero-order chi connectivity index (χ0) is 20.1. The molecule has 1 amide bonds. The molecule has 1 fully saturated rings. The second-order valence-corrected chi connectivity index (χ2v) is 7.98. The van der Waals surface area contributed by atoms with Crippen molar-refractivity contribution in [2.45, 2.75) is 51.8 Å². The molecule has 0 radical (unpaired) electrons. The van der Waals surface area contributed by atoms with E-state index in [0.717, 1.165) is 43.3 Å². The molecule has 0 spiro atoms. The molecule has 1 aliphatic heterocycles. The van der Waals surface area contributed by atoms with Gasteiger partial charge in [0, 0.05) is 25.6 Å². The Morgan fingerprint density at radius 2 is 2.25 bits per heavy atom. The molecule has 2 aromatic rings. The van der Waals surface area contributed by atoms with Crippen LogP contribution in [0.25, 0.3) is 10.9 Å². The number of nitrogens with one attached hydrogen (secondary N) is 1. The van der Waals surface area contributed by atoms with Crippen molar-refractivity contribution in [3.05, 3.63) is 30.0 Å². The van der Waals surface area contributed by atoms with Crippen LogP contribution >= 0.6 is 0 Å². The summed E-state index contributed by atoms with van der Waals surface area (Å²) in [5.41, 5.74) is 2.40. The van der Waals surface area contributed by atoms with Crippen molar-refractivity contribution in [2.24, 2.45) is 11.8 Å². The molecule has 3 atom stereocenters. The Kier molecular flexibility index (Phi) is 6.91. The third-order valence-corrected chi connectivity index (χ3v) is 5.54. The van der Waals surface area contributed by atoms with E-state index in [1.165, 1.54) is 5.56 Å². The van der Waals surface area contributed by atoms with Gasteiger partial charge < -0.3 is 19.9 Å². The van der Waals surface area contributed by atoms with E-state index in [1.807, 2.05) is 10.9 Å². The van der Waals surface area contributed by atoms with Gasteiger partial charge in [0.1, 0.15) is 6.10 Å². The highest BCUT2D eigenvalue weighted by Gasteiger charge is 2.36. The van der Waals surface area contributed by atoms with Crippen LogP contribution in [-0.4, -0.2) is 53.4 Å². The molecule has 1 aromatic carbocycles. The predicted molar refractivity (Wildman–Crippen MR) is 108 cm³/mol. The molecule has 0 saturated carbocycles. The number of aryl methyl sites for hydroxylation is 1. The number of carbonyl (C=O) groups is 1. The lowest BCUT2D eigenvalue weighted by molar-refractivity contribution is 0.179. The maximum absolute atomic E-state index is 11.1. The number of hydrogen-bond donors (Lipinski definition) is 2. The molecular weight excluding hydrogens is 358 g/mol. The molecule has 0 bridgehead atoms. The molecule has 154 valence electrons. The molecule has 1 aromatic heterocycles. The van der Waals surface area contributed by atoms with Crippen LogP contribution in [-0.2, 0) is 22.4 Å². The average Bonchev–Trinajstić information content (AvgIpc) is 3.42. The second kappa shape index (κ2) is 9.39. The maximum atomic E-state index is 11.1. The third kappa shape index (κ3) is 5.45. The van der Waals surface area contributed by atoms with Crippen molar-refractivity contribution in [1.82, 2.24) is 15.1 Å². The van der Waals surface area contributed by atoms with Crippen LogP contribution in [0.15, 0.2) is 24.4 Å². The number of rotatable bonds is 11.